The topological polar surface area (TPSA) is 38.3 Å². The van der Waals surface area contributed by atoms with E-state index < -0.39 is 0 Å². The summed E-state index contributed by atoms with van der Waals surface area (Å²) in [5, 5.41) is 2.75. The molecule has 1 heterocycles. The summed E-state index contributed by atoms with van der Waals surface area (Å²) in [5.41, 5.74) is 2.63. The Labute approximate surface area is 130 Å². The molecule has 1 unspecified atom stereocenters. The molecule has 1 amide bonds. The molecule has 2 aromatic rings. The van der Waals surface area contributed by atoms with Gasteiger partial charge in [0.2, 0.25) is 0 Å². The van der Waals surface area contributed by atoms with E-state index in [4.69, 9.17) is 4.74 Å². The molecular weight excluding hydrogens is 337 g/mol. The lowest BCUT2D eigenvalue weighted by molar-refractivity contribution is -0.118. The first-order chi connectivity index (χ1) is 10.1. The van der Waals surface area contributed by atoms with Crippen LogP contribution in [-0.4, -0.2) is 12.5 Å². The van der Waals surface area contributed by atoms with Crippen LogP contribution in [0.5, 0.6) is 5.75 Å². The van der Waals surface area contributed by atoms with Crippen LogP contribution in [0.1, 0.15) is 21.5 Å². The maximum absolute atomic E-state index is 14.2. The molecule has 3 nitrogen and oxygen atoms in total. The maximum atomic E-state index is 14.2. The van der Waals surface area contributed by atoms with Crippen LogP contribution >= 0.6 is 15.9 Å². The van der Waals surface area contributed by atoms with Gasteiger partial charge >= 0.3 is 0 Å². The summed E-state index contributed by atoms with van der Waals surface area (Å²) in [6.45, 7) is 1.76. The van der Waals surface area contributed by atoms with Crippen molar-refractivity contribution < 1.29 is 13.9 Å². The highest BCUT2D eigenvalue weighted by molar-refractivity contribution is 9.09. The van der Waals surface area contributed by atoms with E-state index in [2.05, 4.69) is 21.2 Å². The standard InChI is InChI=1S/C16H13BrFNO2/c1-9-3-2-4-11(16(9)18)15(17)10-5-6-13-12(7-10)19-14(20)8-21-13/h2-7,15H,8H2,1H3,(H,19,20). The first kappa shape index (κ1) is 14.1. The Morgan fingerprint density at radius 1 is 1.33 bits per heavy atom. The average molecular weight is 350 g/mol. The number of alkyl halides is 1. The van der Waals surface area contributed by atoms with Crippen molar-refractivity contribution in [2.24, 2.45) is 0 Å². The van der Waals surface area contributed by atoms with Crippen molar-refractivity contribution >= 4 is 27.5 Å². The molecule has 0 aromatic heterocycles. The Bertz CT molecular complexity index is 717. The van der Waals surface area contributed by atoms with Gasteiger partial charge in [0.25, 0.3) is 5.91 Å². The minimum absolute atomic E-state index is 0.0244. The number of fused-ring (bicyclic) bond motifs is 1. The number of rotatable bonds is 2. The monoisotopic (exact) mass is 349 g/mol. The van der Waals surface area contributed by atoms with Crippen LogP contribution in [0.15, 0.2) is 36.4 Å². The van der Waals surface area contributed by atoms with Gasteiger partial charge in [0.1, 0.15) is 11.6 Å². The van der Waals surface area contributed by atoms with Gasteiger partial charge in [-0.05, 0) is 30.2 Å². The van der Waals surface area contributed by atoms with Gasteiger partial charge in [0, 0.05) is 5.56 Å². The van der Waals surface area contributed by atoms with Crippen LogP contribution in [0, 0.1) is 12.7 Å². The third-order valence-electron chi connectivity index (χ3n) is 3.42. The SMILES string of the molecule is Cc1cccc(C(Br)c2ccc3c(c2)NC(=O)CO3)c1F. The fourth-order valence-electron chi connectivity index (χ4n) is 2.30. The molecular formula is C16H13BrFNO2. The van der Waals surface area contributed by atoms with Crippen molar-refractivity contribution in [2.75, 3.05) is 11.9 Å². The van der Waals surface area contributed by atoms with Gasteiger partial charge in [-0.1, -0.05) is 40.2 Å². The Morgan fingerprint density at radius 2 is 2.14 bits per heavy atom. The van der Waals surface area contributed by atoms with Crippen LogP contribution in [0.3, 0.4) is 0 Å². The van der Waals surface area contributed by atoms with E-state index in [0.717, 1.165) is 5.56 Å². The van der Waals surface area contributed by atoms with Crippen molar-refractivity contribution in [3.8, 4) is 5.75 Å². The molecule has 21 heavy (non-hydrogen) atoms. The third kappa shape index (κ3) is 2.65. The lowest BCUT2D eigenvalue weighted by atomic mass is 10.0. The predicted molar refractivity (Wildman–Crippen MR) is 82.5 cm³/mol. The molecule has 3 rings (SSSR count). The van der Waals surface area contributed by atoms with Crippen LogP contribution < -0.4 is 10.1 Å². The summed E-state index contributed by atoms with van der Waals surface area (Å²) in [6.07, 6.45) is 0. The van der Waals surface area contributed by atoms with Crippen molar-refractivity contribution in [1.82, 2.24) is 0 Å². The van der Waals surface area contributed by atoms with Crippen molar-refractivity contribution in [3.05, 3.63) is 58.9 Å². The summed E-state index contributed by atoms with van der Waals surface area (Å²) >= 11 is 3.53. The zero-order valence-electron chi connectivity index (χ0n) is 11.3. The van der Waals surface area contributed by atoms with Gasteiger partial charge in [0.05, 0.1) is 10.5 Å². The van der Waals surface area contributed by atoms with Crippen LogP contribution in [0.25, 0.3) is 0 Å². The number of anilines is 1. The Balaban J connectivity index is 1.98. The van der Waals surface area contributed by atoms with E-state index in [-0.39, 0.29) is 23.2 Å². The number of hydrogen-bond acceptors (Lipinski definition) is 2. The third-order valence-corrected chi connectivity index (χ3v) is 4.45. The molecule has 0 fully saturated rings. The normalized spacial score (nSPS) is 14.9. The van der Waals surface area contributed by atoms with Crippen molar-refractivity contribution in [2.45, 2.75) is 11.8 Å². The highest BCUT2D eigenvalue weighted by atomic mass is 79.9. The van der Waals surface area contributed by atoms with Crippen LogP contribution in [-0.2, 0) is 4.79 Å². The van der Waals surface area contributed by atoms with E-state index in [9.17, 15) is 9.18 Å². The lowest BCUT2D eigenvalue weighted by Crippen LogP contribution is -2.25. The molecule has 0 aliphatic carbocycles. The second kappa shape index (κ2) is 5.48. The summed E-state index contributed by atoms with van der Waals surface area (Å²) in [4.78, 5) is 11.1. The van der Waals surface area contributed by atoms with Crippen LogP contribution in [0.2, 0.25) is 0 Å². The molecule has 1 atom stereocenters. The minimum atomic E-state index is -0.290. The molecule has 108 valence electrons. The summed E-state index contributed by atoms with van der Waals surface area (Å²) in [6, 6.07) is 10.7. The highest BCUT2D eigenvalue weighted by Gasteiger charge is 2.20. The predicted octanol–water partition coefficient (Wildman–Crippen LogP) is 3.95. The number of hydrogen-bond donors (Lipinski definition) is 1. The zero-order chi connectivity index (χ0) is 15.0. The van der Waals surface area contributed by atoms with Crippen molar-refractivity contribution in [1.29, 1.82) is 0 Å². The first-order valence-corrected chi connectivity index (χ1v) is 7.43. The number of benzene rings is 2. The van der Waals surface area contributed by atoms with E-state index in [1.54, 1.807) is 31.2 Å². The summed E-state index contributed by atoms with van der Waals surface area (Å²) in [7, 11) is 0. The molecule has 5 heteroatoms. The minimum Gasteiger partial charge on any atom is -0.482 e. The average Bonchev–Trinajstić information content (AvgIpc) is 2.48. The number of amides is 1. The Hall–Kier alpha value is -1.88. The summed E-state index contributed by atoms with van der Waals surface area (Å²) in [5.74, 6) is 0.215. The largest absolute Gasteiger partial charge is 0.482 e. The number of halogens is 2. The number of ether oxygens (including phenoxy) is 1. The van der Waals surface area contributed by atoms with Gasteiger partial charge in [-0.15, -0.1) is 0 Å². The van der Waals surface area contributed by atoms with Gasteiger partial charge < -0.3 is 10.1 Å². The molecule has 2 aromatic carbocycles. The maximum Gasteiger partial charge on any atom is 0.262 e. The second-order valence-corrected chi connectivity index (χ2v) is 5.85. The van der Waals surface area contributed by atoms with E-state index >= 15 is 0 Å². The molecule has 1 aliphatic rings. The fourth-order valence-corrected chi connectivity index (χ4v) is 2.94. The molecule has 0 saturated carbocycles. The van der Waals surface area contributed by atoms with Gasteiger partial charge in [-0.2, -0.15) is 0 Å². The summed E-state index contributed by atoms with van der Waals surface area (Å²) < 4.78 is 19.5. The number of aryl methyl sites for hydroxylation is 1. The zero-order valence-corrected chi connectivity index (χ0v) is 12.9. The quantitative estimate of drug-likeness (QED) is 0.833. The molecule has 0 saturated heterocycles. The number of carbonyl (C=O) groups excluding carboxylic acids is 1. The number of carbonyl (C=O) groups is 1. The van der Waals surface area contributed by atoms with Gasteiger partial charge in [-0.3, -0.25) is 4.79 Å². The molecule has 1 N–H and O–H groups in total. The first-order valence-electron chi connectivity index (χ1n) is 6.52. The van der Waals surface area contributed by atoms with E-state index in [0.29, 0.717) is 22.6 Å². The van der Waals surface area contributed by atoms with E-state index in [1.165, 1.54) is 0 Å². The highest BCUT2D eigenvalue weighted by Crippen LogP contribution is 2.37. The molecule has 0 spiro atoms. The Kier molecular flexibility index (Phi) is 3.68. The van der Waals surface area contributed by atoms with Gasteiger partial charge in [0.15, 0.2) is 6.61 Å². The molecule has 1 aliphatic heterocycles. The molecule has 0 bridgehead atoms. The van der Waals surface area contributed by atoms with Gasteiger partial charge in [-0.25, -0.2) is 4.39 Å². The Morgan fingerprint density at radius 3 is 2.95 bits per heavy atom. The van der Waals surface area contributed by atoms with E-state index in [1.807, 2.05) is 12.1 Å². The number of nitrogens with one attached hydrogen (secondary N) is 1. The fraction of sp³-hybridized carbons (Fsp3) is 0.188. The second-order valence-electron chi connectivity index (χ2n) is 4.93. The van der Waals surface area contributed by atoms with Crippen molar-refractivity contribution in [3.63, 3.8) is 0 Å². The lowest BCUT2D eigenvalue weighted by Gasteiger charge is -2.20. The van der Waals surface area contributed by atoms with Crippen LogP contribution in [0.4, 0.5) is 10.1 Å². The molecule has 0 radical (unpaired) electrons. The smallest absolute Gasteiger partial charge is 0.262 e.